The van der Waals surface area contributed by atoms with Gasteiger partial charge in [-0.15, -0.1) is 0 Å². The lowest BCUT2D eigenvalue weighted by molar-refractivity contribution is 0.0597. The summed E-state index contributed by atoms with van der Waals surface area (Å²) in [5, 5.41) is 10.1. The third-order valence-electron chi connectivity index (χ3n) is 3.45. The zero-order chi connectivity index (χ0) is 13.0. The lowest BCUT2D eigenvalue weighted by Gasteiger charge is -2.19. The maximum Gasteiger partial charge on any atom is 0.161 e. The van der Waals surface area contributed by atoms with Crippen LogP contribution in [0, 0.1) is 5.92 Å². The summed E-state index contributed by atoms with van der Waals surface area (Å²) in [5.74, 6) is 1.70. The molecule has 1 aromatic rings. The fourth-order valence-corrected chi connectivity index (χ4v) is 2.33. The highest BCUT2D eigenvalue weighted by Gasteiger charge is 2.26. The lowest BCUT2D eigenvalue weighted by Crippen LogP contribution is -2.29. The van der Waals surface area contributed by atoms with Crippen LogP contribution in [0.15, 0.2) is 24.3 Å². The van der Waals surface area contributed by atoms with Gasteiger partial charge in [0.05, 0.1) is 13.2 Å². The van der Waals surface area contributed by atoms with E-state index in [4.69, 9.17) is 9.47 Å². The normalized spacial score (nSPS) is 21.8. The van der Waals surface area contributed by atoms with Crippen molar-refractivity contribution in [2.75, 3.05) is 33.9 Å². The third-order valence-corrected chi connectivity index (χ3v) is 3.45. The molecule has 1 N–H and O–H groups in total. The molecule has 2 rings (SSSR count). The summed E-state index contributed by atoms with van der Waals surface area (Å²) >= 11 is 0. The molecule has 4 heteroatoms. The molecule has 1 aromatic carbocycles. The summed E-state index contributed by atoms with van der Waals surface area (Å²) in [6.07, 6.45) is 0.618. The SMILES string of the molecule is COc1ccccc1OCC(O)C1CCN(C)C1. The van der Waals surface area contributed by atoms with Crippen molar-refractivity contribution >= 4 is 0 Å². The van der Waals surface area contributed by atoms with Crippen molar-refractivity contribution in [2.24, 2.45) is 5.92 Å². The monoisotopic (exact) mass is 251 g/mol. The minimum absolute atomic E-state index is 0.310. The predicted octanol–water partition coefficient (Wildman–Crippen LogP) is 1.39. The zero-order valence-corrected chi connectivity index (χ0v) is 11.0. The second kappa shape index (κ2) is 6.07. The van der Waals surface area contributed by atoms with Crippen LogP contribution in [-0.4, -0.2) is 50.0 Å². The average Bonchev–Trinajstić information content (AvgIpc) is 2.83. The highest BCUT2D eigenvalue weighted by atomic mass is 16.5. The van der Waals surface area contributed by atoms with Gasteiger partial charge < -0.3 is 19.5 Å². The Bertz CT molecular complexity index is 383. The second-order valence-electron chi connectivity index (χ2n) is 4.84. The number of aliphatic hydroxyl groups excluding tert-OH is 1. The predicted molar refractivity (Wildman–Crippen MR) is 70.1 cm³/mol. The molecule has 4 nitrogen and oxygen atoms in total. The smallest absolute Gasteiger partial charge is 0.161 e. The maximum absolute atomic E-state index is 10.1. The number of benzene rings is 1. The summed E-state index contributed by atoms with van der Waals surface area (Å²) in [4.78, 5) is 2.23. The molecule has 0 aromatic heterocycles. The Morgan fingerprint density at radius 1 is 1.39 bits per heavy atom. The van der Waals surface area contributed by atoms with E-state index in [9.17, 15) is 5.11 Å². The van der Waals surface area contributed by atoms with Gasteiger partial charge in [-0.05, 0) is 32.1 Å². The second-order valence-corrected chi connectivity index (χ2v) is 4.84. The summed E-state index contributed by atoms with van der Waals surface area (Å²) < 4.78 is 10.8. The lowest BCUT2D eigenvalue weighted by atomic mass is 10.0. The van der Waals surface area contributed by atoms with Crippen LogP contribution in [0.25, 0.3) is 0 Å². The minimum atomic E-state index is -0.417. The van der Waals surface area contributed by atoms with Crippen LogP contribution in [0.5, 0.6) is 11.5 Å². The van der Waals surface area contributed by atoms with Crippen LogP contribution in [0.3, 0.4) is 0 Å². The van der Waals surface area contributed by atoms with Gasteiger partial charge >= 0.3 is 0 Å². The molecule has 2 unspecified atom stereocenters. The van der Waals surface area contributed by atoms with Crippen molar-refractivity contribution in [3.63, 3.8) is 0 Å². The van der Waals surface area contributed by atoms with E-state index < -0.39 is 6.10 Å². The molecule has 0 aliphatic carbocycles. The topological polar surface area (TPSA) is 41.9 Å². The fourth-order valence-electron chi connectivity index (χ4n) is 2.33. The summed E-state index contributed by atoms with van der Waals surface area (Å²) in [7, 11) is 3.69. The molecular formula is C14H21NO3. The molecule has 18 heavy (non-hydrogen) atoms. The van der Waals surface area contributed by atoms with Gasteiger partial charge in [0.1, 0.15) is 6.61 Å². The number of nitrogens with zero attached hydrogens (tertiary/aromatic N) is 1. The Morgan fingerprint density at radius 3 is 2.72 bits per heavy atom. The van der Waals surface area contributed by atoms with Gasteiger partial charge in [0, 0.05) is 12.5 Å². The van der Waals surface area contributed by atoms with E-state index in [0.717, 1.165) is 19.5 Å². The van der Waals surface area contributed by atoms with E-state index in [1.807, 2.05) is 24.3 Å². The number of hydrogen-bond acceptors (Lipinski definition) is 4. The number of aliphatic hydroxyl groups is 1. The molecule has 1 saturated heterocycles. The van der Waals surface area contributed by atoms with Crippen LogP contribution in [0.1, 0.15) is 6.42 Å². The van der Waals surface area contributed by atoms with Crippen LogP contribution in [0.4, 0.5) is 0 Å². The summed E-state index contributed by atoms with van der Waals surface area (Å²) in [5.41, 5.74) is 0. The molecule has 100 valence electrons. The molecule has 0 radical (unpaired) electrons. The largest absolute Gasteiger partial charge is 0.493 e. The fraction of sp³-hybridized carbons (Fsp3) is 0.571. The van der Waals surface area contributed by atoms with Crippen LogP contribution >= 0.6 is 0 Å². The minimum Gasteiger partial charge on any atom is -0.493 e. The summed E-state index contributed by atoms with van der Waals surface area (Å²) in [6.45, 7) is 2.31. The molecule has 1 heterocycles. The van der Waals surface area contributed by atoms with Crippen molar-refractivity contribution < 1.29 is 14.6 Å². The van der Waals surface area contributed by atoms with Gasteiger partial charge in [-0.2, -0.15) is 0 Å². The Hall–Kier alpha value is -1.26. The van der Waals surface area contributed by atoms with E-state index in [1.165, 1.54) is 0 Å². The number of hydrogen-bond donors (Lipinski definition) is 1. The van der Waals surface area contributed by atoms with Gasteiger partial charge in [0.15, 0.2) is 11.5 Å². The average molecular weight is 251 g/mol. The molecule has 0 amide bonds. The van der Waals surface area contributed by atoms with Crippen LogP contribution in [0.2, 0.25) is 0 Å². The van der Waals surface area contributed by atoms with E-state index in [-0.39, 0.29) is 0 Å². The third kappa shape index (κ3) is 3.15. The van der Waals surface area contributed by atoms with Crippen LogP contribution in [-0.2, 0) is 0 Å². The first-order chi connectivity index (χ1) is 8.70. The van der Waals surface area contributed by atoms with Crippen molar-refractivity contribution in [1.82, 2.24) is 4.90 Å². The molecule has 2 atom stereocenters. The Kier molecular flexibility index (Phi) is 4.44. The van der Waals surface area contributed by atoms with Gasteiger partial charge in [-0.25, -0.2) is 0 Å². The Balaban J connectivity index is 1.87. The van der Waals surface area contributed by atoms with Gasteiger partial charge in [0.25, 0.3) is 0 Å². The van der Waals surface area contributed by atoms with Crippen molar-refractivity contribution in [1.29, 1.82) is 0 Å². The van der Waals surface area contributed by atoms with Gasteiger partial charge in [0.2, 0.25) is 0 Å². The number of rotatable bonds is 5. The Morgan fingerprint density at radius 2 is 2.11 bits per heavy atom. The van der Waals surface area contributed by atoms with E-state index in [1.54, 1.807) is 7.11 Å². The molecular weight excluding hydrogens is 230 g/mol. The molecule has 1 aliphatic heterocycles. The van der Waals surface area contributed by atoms with Crippen molar-refractivity contribution in [3.8, 4) is 11.5 Å². The van der Waals surface area contributed by atoms with Gasteiger partial charge in [-0.3, -0.25) is 0 Å². The number of ether oxygens (including phenoxy) is 2. The molecule has 1 aliphatic rings. The zero-order valence-electron chi connectivity index (χ0n) is 11.0. The number of methoxy groups -OCH3 is 1. The van der Waals surface area contributed by atoms with Crippen molar-refractivity contribution in [3.05, 3.63) is 24.3 Å². The molecule has 0 bridgehead atoms. The highest BCUT2D eigenvalue weighted by Crippen LogP contribution is 2.27. The van der Waals surface area contributed by atoms with Crippen molar-refractivity contribution in [2.45, 2.75) is 12.5 Å². The van der Waals surface area contributed by atoms with Crippen LogP contribution < -0.4 is 9.47 Å². The number of likely N-dealkylation sites (tertiary alicyclic amines) is 1. The molecule has 0 saturated carbocycles. The first kappa shape index (κ1) is 13.2. The van der Waals surface area contributed by atoms with E-state index in [2.05, 4.69) is 11.9 Å². The maximum atomic E-state index is 10.1. The number of para-hydroxylation sites is 2. The highest BCUT2D eigenvalue weighted by molar-refractivity contribution is 5.39. The summed E-state index contributed by atoms with van der Waals surface area (Å²) in [6, 6.07) is 7.50. The Labute approximate surface area is 108 Å². The first-order valence-electron chi connectivity index (χ1n) is 6.33. The first-order valence-corrected chi connectivity index (χ1v) is 6.33. The van der Waals surface area contributed by atoms with E-state index in [0.29, 0.717) is 24.0 Å². The molecule has 1 fully saturated rings. The van der Waals surface area contributed by atoms with Gasteiger partial charge in [-0.1, -0.05) is 12.1 Å². The standard InChI is InChI=1S/C14H21NO3/c1-15-8-7-11(9-15)12(16)10-18-14-6-4-3-5-13(14)17-2/h3-6,11-12,16H,7-10H2,1-2H3. The quantitative estimate of drug-likeness (QED) is 0.858. The van der Waals surface area contributed by atoms with E-state index >= 15 is 0 Å². The molecule has 0 spiro atoms.